The Labute approximate surface area is 140 Å². The van der Waals surface area contributed by atoms with Gasteiger partial charge in [0.1, 0.15) is 0 Å². The molecule has 0 aliphatic carbocycles. The third-order valence-electron chi connectivity index (χ3n) is 2.58. The van der Waals surface area contributed by atoms with E-state index in [9.17, 15) is 53.1 Å². The molecule has 2 N–H and O–H groups in total. The van der Waals surface area contributed by atoms with E-state index in [0.717, 1.165) is 0 Å². The molecule has 0 radical (unpaired) electrons. The zero-order chi connectivity index (χ0) is 20.2. The zero-order valence-corrected chi connectivity index (χ0v) is 12.6. The fourth-order valence-corrected chi connectivity index (χ4v) is 1.79. The largest absolute Gasteiger partial charge is 0.366 e. The number of alkyl halides is 14. The second-order valence-electron chi connectivity index (χ2n) is 4.16. The van der Waals surface area contributed by atoms with Crippen LogP contribution in [-0.2, 0) is 4.79 Å². The Morgan fingerprint density at radius 3 is 1.33 bits per heavy atom. The van der Waals surface area contributed by atoms with Gasteiger partial charge in [-0.2, -0.15) is 26.3 Å². The van der Waals surface area contributed by atoms with E-state index in [1.165, 1.54) is 0 Å². The van der Waals surface area contributed by atoms with Crippen LogP contribution in [0.15, 0.2) is 0 Å². The number of carbonyl (C=O) groups is 1. The first-order chi connectivity index (χ1) is 10.1. The molecule has 0 aliphatic rings. The monoisotopic (exact) mass is 443 g/mol. The van der Waals surface area contributed by atoms with E-state index in [2.05, 4.69) is 40.5 Å². The maximum atomic E-state index is 13.6. The van der Waals surface area contributed by atoms with Crippen LogP contribution in [0.4, 0.5) is 48.3 Å². The summed E-state index contributed by atoms with van der Waals surface area (Å²) in [7, 11) is 0. The van der Waals surface area contributed by atoms with E-state index >= 15 is 0 Å². The number of amides is 1. The number of hydrogen-bond acceptors (Lipinski definition) is 1. The summed E-state index contributed by atoms with van der Waals surface area (Å²) in [5.74, 6) is -23.5. The van der Waals surface area contributed by atoms with E-state index in [1.807, 2.05) is 0 Å². The molecule has 0 aromatic rings. The van der Waals surface area contributed by atoms with Crippen molar-refractivity contribution in [3.63, 3.8) is 0 Å². The first-order valence-electron chi connectivity index (χ1n) is 4.99. The van der Waals surface area contributed by atoms with Crippen molar-refractivity contribution >= 4 is 40.7 Å². The predicted octanol–water partition coefficient (Wildman–Crippen LogP) is 4.36. The van der Waals surface area contributed by atoms with Gasteiger partial charge in [-0.1, -0.05) is 34.8 Å². The molecule has 1 amide bonds. The van der Waals surface area contributed by atoms with Crippen molar-refractivity contribution in [2.75, 3.05) is 0 Å². The summed E-state index contributed by atoms with van der Waals surface area (Å²) in [4.78, 5) is 10.4. The standard InChI is InChI=1S/C8H3Cl3F11NO/c9-3(14,2(23)24)7(19,20)6(11,18)8(21,22)5(10,17)4(15,16)1(12)13/h1H,(H2,23,24). The Bertz CT molecular complexity index is 507. The smallest absolute Gasteiger partial charge is 0.360 e. The van der Waals surface area contributed by atoms with Crippen molar-refractivity contribution in [3.05, 3.63) is 0 Å². The highest BCUT2D eigenvalue weighted by Gasteiger charge is 2.88. The number of hydrogen-bond donors (Lipinski definition) is 1. The molecule has 24 heavy (non-hydrogen) atoms. The number of halogens is 14. The van der Waals surface area contributed by atoms with Crippen molar-refractivity contribution in [2.45, 2.75) is 39.6 Å². The van der Waals surface area contributed by atoms with Gasteiger partial charge in [0.2, 0.25) is 0 Å². The molecule has 0 rings (SSSR count). The van der Waals surface area contributed by atoms with E-state index in [4.69, 9.17) is 0 Å². The second-order valence-corrected chi connectivity index (χ2v) is 5.72. The maximum Gasteiger partial charge on any atom is 0.360 e. The van der Waals surface area contributed by atoms with Gasteiger partial charge in [0.05, 0.1) is 0 Å². The zero-order valence-electron chi connectivity index (χ0n) is 10.4. The molecule has 3 atom stereocenters. The first-order valence-corrected chi connectivity index (χ1v) is 6.12. The summed E-state index contributed by atoms with van der Waals surface area (Å²) in [5.41, 5.74) is 3.95. The fourth-order valence-electron chi connectivity index (χ4n) is 1.09. The average Bonchev–Trinajstić information content (AvgIpc) is 2.36. The lowest BCUT2D eigenvalue weighted by atomic mass is 9.94. The van der Waals surface area contributed by atoms with E-state index in [-0.39, 0.29) is 0 Å². The molecule has 0 aromatic carbocycles. The Balaban J connectivity index is 6.43. The van der Waals surface area contributed by atoms with Crippen LogP contribution in [0.1, 0.15) is 0 Å². The lowest BCUT2D eigenvalue weighted by molar-refractivity contribution is -0.309. The van der Waals surface area contributed by atoms with Crippen LogP contribution >= 0.6 is 34.8 Å². The lowest BCUT2D eigenvalue weighted by Crippen LogP contribution is -2.72. The van der Waals surface area contributed by atoms with Gasteiger partial charge in [-0.05, 0) is 0 Å². The molecule has 0 heterocycles. The number of rotatable bonds is 7. The van der Waals surface area contributed by atoms with Crippen LogP contribution in [0.25, 0.3) is 0 Å². The Kier molecular flexibility index (Phi) is 5.97. The number of carbonyl (C=O) groups excluding carboxylic acids is 1. The summed E-state index contributed by atoms with van der Waals surface area (Å²) in [6.07, 6.45) is -5.35. The van der Waals surface area contributed by atoms with Crippen LogP contribution in [0, 0.1) is 0 Å². The first kappa shape index (κ1) is 23.6. The summed E-state index contributed by atoms with van der Waals surface area (Å²) in [6, 6.07) is 0. The molecule has 0 fully saturated rings. The van der Waals surface area contributed by atoms with Crippen LogP contribution in [0.3, 0.4) is 0 Å². The van der Waals surface area contributed by atoms with Crippen molar-refractivity contribution in [1.29, 1.82) is 0 Å². The third kappa shape index (κ3) is 2.85. The molecular formula is C8H3Cl3F11NO. The van der Waals surface area contributed by atoms with Crippen LogP contribution in [0.2, 0.25) is 0 Å². The van der Waals surface area contributed by atoms with Crippen LogP contribution in [-0.4, -0.2) is 45.5 Å². The van der Waals surface area contributed by atoms with Gasteiger partial charge in [-0.25, -0.2) is 22.0 Å². The molecule has 144 valence electrons. The normalized spacial score (nSPS) is 21.8. The summed E-state index contributed by atoms with van der Waals surface area (Å²) < 4.78 is 143. The number of primary amides is 1. The number of nitrogens with two attached hydrogens (primary N) is 1. The Hall–Kier alpha value is -0.430. The van der Waals surface area contributed by atoms with Gasteiger partial charge >= 0.3 is 39.6 Å². The summed E-state index contributed by atoms with van der Waals surface area (Å²) >= 11 is 11.9. The van der Waals surface area contributed by atoms with Gasteiger partial charge in [0, 0.05) is 0 Å². The lowest BCUT2D eigenvalue weighted by Gasteiger charge is -2.42. The van der Waals surface area contributed by atoms with Crippen LogP contribution in [0.5, 0.6) is 0 Å². The molecule has 2 nitrogen and oxygen atoms in total. The minimum atomic E-state index is -7.13. The molecule has 0 bridgehead atoms. The van der Waals surface area contributed by atoms with Gasteiger partial charge in [-0.15, -0.1) is 0 Å². The molecule has 16 heteroatoms. The Morgan fingerprint density at radius 2 is 1.08 bits per heavy atom. The van der Waals surface area contributed by atoms with Crippen molar-refractivity contribution in [3.8, 4) is 0 Å². The molecule has 0 aromatic heterocycles. The van der Waals surface area contributed by atoms with Crippen molar-refractivity contribution < 1.29 is 53.1 Å². The molecule has 0 saturated carbocycles. The quantitative estimate of drug-likeness (QED) is 0.460. The molecule has 0 aliphatic heterocycles. The highest BCUT2D eigenvalue weighted by molar-refractivity contribution is 6.36. The highest BCUT2D eigenvalue weighted by Crippen LogP contribution is 2.62. The third-order valence-corrected chi connectivity index (χ3v) is 3.97. The predicted molar refractivity (Wildman–Crippen MR) is 59.1 cm³/mol. The SMILES string of the molecule is NC(=O)C(F)(Cl)C(F)(F)C(F)(Cl)C(F)(F)C(F)(Cl)C(F)(F)C(F)F. The minimum Gasteiger partial charge on any atom is -0.366 e. The van der Waals surface area contributed by atoms with E-state index in [0.29, 0.717) is 0 Å². The molecule has 0 spiro atoms. The molecule has 3 unspecified atom stereocenters. The Morgan fingerprint density at radius 1 is 0.750 bits per heavy atom. The van der Waals surface area contributed by atoms with Gasteiger partial charge in [0.25, 0.3) is 5.91 Å². The van der Waals surface area contributed by atoms with E-state index in [1.54, 1.807) is 0 Å². The second kappa shape index (κ2) is 6.08. The fraction of sp³-hybridized carbons (Fsp3) is 0.875. The van der Waals surface area contributed by atoms with Gasteiger partial charge in [0.15, 0.2) is 0 Å². The van der Waals surface area contributed by atoms with Gasteiger partial charge in [-0.3, -0.25) is 4.79 Å². The van der Waals surface area contributed by atoms with Crippen LogP contribution < -0.4 is 5.73 Å². The maximum absolute atomic E-state index is 13.6. The van der Waals surface area contributed by atoms with Crippen molar-refractivity contribution in [2.24, 2.45) is 5.73 Å². The summed E-state index contributed by atoms with van der Waals surface area (Å²) in [5, 5.41) is -18.8. The van der Waals surface area contributed by atoms with Crippen molar-refractivity contribution in [1.82, 2.24) is 0 Å². The molecular weight excluding hydrogens is 441 g/mol. The highest BCUT2D eigenvalue weighted by atomic mass is 35.5. The molecule has 0 saturated heterocycles. The summed E-state index contributed by atoms with van der Waals surface area (Å²) in [6.45, 7) is 0. The van der Waals surface area contributed by atoms with Gasteiger partial charge < -0.3 is 5.73 Å². The van der Waals surface area contributed by atoms with E-state index < -0.39 is 45.5 Å². The topological polar surface area (TPSA) is 43.1 Å². The minimum absolute atomic E-state index is 3.03. The average molecular weight is 444 g/mol.